The Bertz CT molecular complexity index is 444. The van der Waals surface area contributed by atoms with Gasteiger partial charge < -0.3 is 9.84 Å². The van der Waals surface area contributed by atoms with Crippen LogP contribution in [0.25, 0.3) is 0 Å². The van der Waals surface area contributed by atoms with Crippen LogP contribution in [-0.4, -0.2) is 24.3 Å². The quantitative estimate of drug-likeness (QED) is 0.102. The summed E-state index contributed by atoms with van der Waals surface area (Å²) in [6.07, 6.45) is 29.9. The lowest BCUT2D eigenvalue weighted by Gasteiger charge is -2.17. The summed E-state index contributed by atoms with van der Waals surface area (Å²) in [4.78, 5) is 10.9. The van der Waals surface area contributed by atoms with Gasteiger partial charge in [0, 0.05) is 12.2 Å². The van der Waals surface area contributed by atoms with Crippen molar-refractivity contribution in [2.45, 2.75) is 156 Å². The summed E-state index contributed by atoms with van der Waals surface area (Å²) in [6.45, 7) is 7.69. The molecule has 0 saturated carbocycles. The Balaban J connectivity index is 3.98. The van der Waals surface area contributed by atoms with Gasteiger partial charge in [0.1, 0.15) is 0 Å². The molecule has 0 saturated heterocycles. The predicted molar refractivity (Wildman–Crippen MR) is 144 cm³/mol. The van der Waals surface area contributed by atoms with Gasteiger partial charge >= 0.3 is 5.97 Å². The van der Waals surface area contributed by atoms with Crippen LogP contribution in [-0.2, 0) is 9.53 Å². The molecule has 0 spiro atoms. The second-order valence-corrected chi connectivity index (χ2v) is 10.2. The van der Waals surface area contributed by atoms with E-state index in [-0.39, 0.29) is 0 Å². The van der Waals surface area contributed by atoms with Crippen LogP contribution < -0.4 is 0 Å². The van der Waals surface area contributed by atoms with E-state index in [4.69, 9.17) is 9.84 Å². The van der Waals surface area contributed by atoms with E-state index >= 15 is 0 Å². The van der Waals surface area contributed by atoms with Gasteiger partial charge in [0.15, 0.2) is 0 Å². The Morgan fingerprint density at radius 3 is 1.48 bits per heavy atom. The fraction of sp³-hybridized carbons (Fsp3) is 0.900. The van der Waals surface area contributed by atoms with Gasteiger partial charge in [-0.15, -0.1) is 0 Å². The third kappa shape index (κ3) is 24.1. The normalized spacial score (nSPS) is 12.9. The van der Waals surface area contributed by atoms with Crippen molar-refractivity contribution in [3.05, 3.63) is 11.6 Å². The highest BCUT2D eigenvalue weighted by Crippen LogP contribution is 2.20. The second kappa shape index (κ2) is 25.8. The highest BCUT2D eigenvalue weighted by atomic mass is 16.5. The van der Waals surface area contributed by atoms with Crippen molar-refractivity contribution in [1.29, 1.82) is 0 Å². The highest BCUT2D eigenvalue weighted by Gasteiger charge is 2.09. The Hall–Kier alpha value is -0.830. The molecule has 0 amide bonds. The molecule has 196 valence electrons. The number of unbranched alkanes of at least 4 members (excludes halogenated alkanes) is 16. The highest BCUT2D eigenvalue weighted by molar-refractivity contribution is 5.85. The summed E-state index contributed by atoms with van der Waals surface area (Å²) < 4.78 is 5.95. The number of carboxylic acids is 1. The smallest absolute Gasteiger partial charge is 0.330 e. The van der Waals surface area contributed by atoms with Crippen LogP contribution in [0, 0.1) is 5.92 Å². The Morgan fingerprint density at radius 1 is 0.697 bits per heavy atom. The van der Waals surface area contributed by atoms with Gasteiger partial charge in [-0.3, -0.25) is 0 Å². The van der Waals surface area contributed by atoms with Crippen LogP contribution in [0.1, 0.15) is 156 Å². The molecule has 0 bridgehead atoms. The Kier molecular flexibility index (Phi) is 25.1. The maximum Gasteiger partial charge on any atom is 0.330 e. The summed E-state index contributed by atoms with van der Waals surface area (Å²) in [5, 5.41) is 8.94. The van der Waals surface area contributed by atoms with Crippen LogP contribution in [0.4, 0.5) is 0 Å². The number of hydrogen-bond donors (Lipinski definition) is 1. The SMILES string of the molecule is CCCCCCCCCCCCC(CCCCCCCCCC)COCCC=C(C)C(=O)O. The fourth-order valence-corrected chi connectivity index (χ4v) is 4.49. The molecule has 1 N–H and O–H groups in total. The number of aliphatic carboxylic acids is 1. The van der Waals surface area contributed by atoms with Gasteiger partial charge in [0.2, 0.25) is 0 Å². The minimum atomic E-state index is -0.830. The predicted octanol–water partition coefficient (Wildman–Crippen LogP) is 9.88. The zero-order valence-electron chi connectivity index (χ0n) is 22.7. The third-order valence-corrected chi connectivity index (χ3v) is 6.84. The number of hydrogen-bond acceptors (Lipinski definition) is 2. The Morgan fingerprint density at radius 2 is 1.09 bits per heavy atom. The van der Waals surface area contributed by atoms with Gasteiger partial charge in [-0.05, 0) is 32.1 Å². The second-order valence-electron chi connectivity index (χ2n) is 10.2. The molecular formula is C30H58O3. The largest absolute Gasteiger partial charge is 0.478 e. The molecule has 3 nitrogen and oxygen atoms in total. The van der Waals surface area contributed by atoms with Crippen LogP contribution in [0.2, 0.25) is 0 Å². The lowest BCUT2D eigenvalue weighted by Crippen LogP contribution is -2.11. The molecule has 0 aliphatic rings. The van der Waals surface area contributed by atoms with Gasteiger partial charge in [-0.1, -0.05) is 135 Å². The van der Waals surface area contributed by atoms with E-state index in [0.29, 0.717) is 24.5 Å². The topological polar surface area (TPSA) is 46.5 Å². The number of ether oxygens (including phenoxy) is 1. The molecule has 0 rings (SSSR count). The maximum atomic E-state index is 10.9. The molecule has 0 aliphatic heterocycles. The first-order valence-corrected chi connectivity index (χ1v) is 14.6. The average Bonchev–Trinajstić information content (AvgIpc) is 2.80. The summed E-state index contributed by atoms with van der Waals surface area (Å²) in [6, 6.07) is 0. The molecule has 0 aliphatic carbocycles. The minimum Gasteiger partial charge on any atom is -0.478 e. The molecule has 0 aromatic rings. The molecule has 3 heteroatoms. The van der Waals surface area contributed by atoms with Gasteiger partial charge in [-0.2, -0.15) is 0 Å². The van der Waals surface area contributed by atoms with Gasteiger partial charge in [-0.25, -0.2) is 4.79 Å². The zero-order valence-corrected chi connectivity index (χ0v) is 22.7. The van der Waals surface area contributed by atoms with Crippen LogP contribution >= 0.6 is 0 Å². The molecule has 0 fully saturated rings. The molecule has 33 heavy (non-hydrogen) atoms. The molecular weight excluding hydrogens is 408 g/mol. The molecule has 1 atom stereocenters. The standard InChI is InChI=1S/C30H58O3/c1-4-6-8-10-12-14-15-17-19-21-25-29(24-20-18-16-13-11-9-7-5-2)27-33-26-22-23-28(3)30(31)32/h23,29H,4-22,24-27H2,1-3H3,(H,31,32). The maximum absolute atomic E-state index is 10.9. The van der Waals surface area contributed by atoms with Crippen molar-refractivity contribution < 1.29 is 14.6 Å². The van der Waals surface area contributed by atoms with E-state index in [2.05, 4.69) is 13.8 Å². The monoisotopic (exact) mass is 466 g/mol. The first-order valence-electron chi connectivity index (χ1n) is 14.6. The lowest BCUT2D eigenvalue weighted by atomic mass is 9.94. The molecule has 0 aromatic heterocycles. The van der Waals surface area contributed by atoms with Crippen molar-refractivity contribution in [2.24, 2.45) is 5.92 Å². The summed E-state index contributed by atoms with van der Waals surface area (Å²) in [5.74, 6) is -0.160. The van der Waals surface area contributed by atoms with Crippen molar-refractivity contribution >= 4 is 5.97 Å². The number of rotatable bonds is 26. The van der Waals surface area contributed by atoms with Crippen molar-refractivity contribution in [3.63, 3.8) is 0 Å². The average molecular weight is 467 g/mol. The number of carboxylic acid groups (broad SMARTS) is 1. The summed E-state index contributed by atoms with van der Waals surface area (Å²) in [5.41, 5.74) is 0.416. The van der Waals surface area contributed by atoms with Crippen LogP contribution in [0.15, 0.2) is 11.6 Å². The van der Waals surface area contributed by atoms with E-state index in [0.717, 1.165) is 6.61 Å². The minimum absolute atomic E-state index is 0.416. The number of carbonyl (C=O) groups is 1. The lowest BCUT2D eigenvalue weighted by molar-refractivity contribution is -0.132. The van der Waals surface area contributed by atoms with E-state index in [1.165, 1.54) is 128 Å². The summed E-state index contributed by atoms with van der Waals surface area (Å²) >= 11 is 0. The van der Waals surface area contributed by atoms with Crippen molar-refractivity contribution in [3.8, 4) is 0 Å². The fourth-order valence-electron chi connectivity index (χ4n) is 4.49. The van der Waals surface area contributed by atoms with Gasteiger partial charge in [0.05, 0.1) is 6.61 Å². The third-order valence-electron chi connectivity index (χ3n) is 6.84. The van der Waals surface area contributed by atoms with E-state index in [9.17, 15) is 4.79 Å². The first kappa shape index (κ1) is 32.2. The van der Waals surface area contributed by atoms with Crippen molar-refractivity contribution in [2.75, 3.05) is 13.2 Å². The van der Waals surface area contributed by atoms with Crippen molar-refractivity contribution in [1.82, 2.24) is 0 Å². The molecule has 0 radical (unpaired) electrons. The summed E-state index contributed by atoms with van der Waals surface area (Å²) in [7, 11) is 0. The first-order chi connectivity index (χ1) is 16.1. The zero-order chi connectivity index (χ0) is 24.4. The van der Waals surface area contributed by atoms with E-state index in [1.54, 1.807) is 13.0 Å². The molecule has 0 heterocycles. The molecule has 0 aromatic carbocycles. The molecule has 1 unspecified atom stereocenters. The van der Waals surface area contributed by atoms with E-state index < -0.39 is 5.97 Å². The van der Waals surface area contributed by atoms with Gasteiger partial charge in [0.25, 0.3) is 0 Å². The van der Waals surface area contributed by atoms with Crippen LogP contribution in [0.5, 0.6) is 0 Å². The van der Waals surface area contributed by atoms with Crippen LogP contribution in [0.3, 0.4) is 0 Å². The van der Waals surface area contributed by atoms with E-state index in [1.807, 2.05) is 0 Å². The Labute approximate surface area is 207 Å².